The number of nitrogens with one attached hydrogen (secondary N) is 1. The fourth-order valence-electron chi connectivity index (χ4n) is 1.82. The molecular weight excluding hydrogens is 362 g/mol. The Hall–Kier alpha value is -1.04. The summed E-state index contributed by atoms with van der Waals surface area (Å²) in [6, 6.07) is 11.8. The van der Waals surface area contributed by atoms with Gasteiger partial charge in [0.05, 0.1) is 10.7 Å². The van der Waals surface area contributed by atoms with Gasteiger partial charge in [-0.3, -0.25) is 4.72 Å². The Morgan fingerprint density at radius 1 is 1.20 bits per heavy atom. The summed E-state index contributed by atoms with van der Waals surface area (Å²) < 4.78 is 28.2. The van der Waals surface area contributed by atoms with Crippen molar-refractivity contribution in [3.8, 4) is 0 Å². The normalized spacial score (nSPS) is 11.3. The van der Waals surface area contributed by atoms with Gasteiger partial charge >= 0.3 is 0 Å². The standard InChI is InChI=1S/C14H13BrClNO2S/c1-2-10-9-11(15)7-8-13(10)17-20(18,19)14-6-4-3-5-12(14)16/h3-9,17H,2H2,1H3. The molecular formula is C14H13BrClNO2S. The van der Waals surface area contributed by atoms with Gasteiger partial charge < -0.3 is 0 Å². The minimum atomic E-state index is -3.69. The first-order valence-electron chi connectivity index (χ1n) is 6.00. The molecule has 0 aliphatic rings. The number of anilines is 1. The summed E-state index contributed by atoms with van der Waals surface area (Å²) in [6.45, 7) is 1.97. The van der Waals surface area contributed by atoms with Crippen LogP contribution in [0, 0.1) is 0 Å². The minimum absolute atomic E-state index is 0.0756. The lowest BCUT2D eigenvalue weighted by molar-refractivity contribution is 0.601. The first kappa shape index (κ1) is 15.4. The molecule has 20 heavy (non-hydrogen) atoms. The van der Waals surface area contributed by atoms with Crippen molar-refractivity contribution in [1.29, 1.82) is 0 Å². The summed E-state index contributed by atoms with van der Waals surface area (Å²) in [7, 11) is -3.69. The molecule has 0 heterocycles. The second-order valence-corrected chi connectivity index (χ2v) is 7.16. The SMILES string of the molecule is CCc1cc(Br)ccc1NS(=O)(=O)c1ccccc1Cl. The fourth-order valence-corrected chi connectivity index (χ4v) is 3.85. The Balaban J connectivity index is 2.41. The second kappa shape index (κ2) is 6.16. The Morgan fingerprint density at radius 3 is 2.55 bits per heavy atom. The maximum Gasteiger partial charge on any atom is 0.263 e. The van der Waals surface area contributed by atoms with Crippen molar-refractivity contribution in [1.82, 2.24) is 0 Å². The molecule has 2 aromatic carbocycles. The lowest BCUT2D eigenvalue weighted by atomic mass is 10.1. The van der Waals surface area contributed by atoms with Crippen LogP contribution in [0.25, 0.3) is 0 Å². The van der Waals surface area contributed by atoms with Crippen LogP contribution in [-0.4, -0.2) is 8.42 Å². The Kier molecular flexibility index (Phi) is 4.73. The van der Waals surface area contributed by atoms with Crippen LogP contribution in [-0.2, 0) is 16.4 Å². The molecule has 2 aromatic rings. The molecule has 0 aliphatic carbocycles. The molecule has 0 unspecified atom stereocenters. The highest BCUT2D eigenvalue weighted by atomic mass is 79.9. The molecule has 2 rings (SSSR count). The number of hydrogen-bond acceptors (Lipinski definition) is 2. The first-order valence-corrected chi connectivity index (χ1v) is 8.65. The topological polar surface area (TPSA) is 46.2 Å². The summed E-state index contributed by atoms with van der Waals surface area (Å²) in [5.74, 6) is 0. The second-order valence-electron chi connectivity index (χ2n) is 4.19. The molecule has 0 bridgehead atoms. The van der Waals surface area contributed by atoms with Gasteiger partial charge in [-0.15, -0.1) is 0 Å². The van der Waals surface area contributed by atoms with Gasteiger partial charge in [-0.2, -0.15) is 0 Å². The highest BCUT2D eigenvalue weighted by molar-refractivity contribution is 9.10. The number of sulfonamides is 1. The van der Waals surface area contributed by atoms with E-state index in [0.717, 1.165) is 16.5 Å². The molecule has 0 aromatic heterocycles. The molecule has 0 radical (unpaired) electrons. The van der Waals surface area contributed by atoms with E-state index in [0.29, 0.717) is 5.69 Å². The van der Waals surface area contributed by atoms with E-state index in [1.54, 1.807) is 30.3 Å². The van der Waals surface area contributed by atoms with Crippen molar-refractivity contribution in [3.05, 3.63) is 57.5 Å². The Bertz CT molecular complexity index is 732. The number of benzene rings is 2. The Labute approximate surface area is 132 Å². The van der Waals surface area contributed by atoms with Crippen LogP contribution < -0.4 is 4.72 Å². The predicted octanol–water partition coefficient (Wildman–Crippen LogP) is 4.47. The van der Waals surface area contributed by atoms with Crippen molar-refractivity contribution in [2.75, 3.05) is 4.72 Å². The van der Waals surface area contributed by atoms with Crippen LogP contribution in [0.1, 0.15) is 12.5 Å². The summed E-state index contributed by atoms with van der Waals surface area (Å²) in [5, 5.41) is 0.204. The molecule has 0 fully saturated rings. The number of hydrogen-bond donors (Lipinski definition) is 1. The van der Waals surface area contributed by atoms with Crippen molar-refractivity contribution in [2.45, 2.75) is 18.2 Å². The third-order valence-electron chi connectivity index (χ3n) is 2.82. The monoisotopic (exact) mass is 373 g/mol. The largest absolute Gasteiger partial charge is 0.279 e. The molecule has 3 nitrogen and oxygen atoms in total. The van der Waals surface area contributed by atoms with Crippen LogP contribution in [0.5, 0.6) is 0 Å². The lowest BCUT2D eigenvalue weighted by Crippen LogP contribution is -2.14. The zero-order valence-corrected chi connectivity index (χ0v) is 13.9. The summed E-state index contributed by atoms with van der Waals surface area (Å²) in [4.78, 5) is 0.0756. The van der Waals surface area contributed by atoms with Crippen molar-refractivity contribution < 1.29 is 8.42 Å². The molecule has 0 spiro atoms. The summed E-state index contributed by atoms with van der Waals surface area (Å²) in [5.41, 5.74) is 1.48. The molecule has 6 heteroatoms. The van der Waals surface area contributed by atoms with Gasteiger partial charge in [-0.25, -0.2) is 8.42 Å². The van der Waals surface area contributed by atoms with Gasteiger partial charge in [0.1, 0.15) is 4.90 Å². The van der Waals surface area contributed by atoms with E-state index >= 15 is 0 Å². The van der Waals surface area contributed by atoms with E-state index in [1.807, 2.05) is 13.0 Å². The predicted molar refractivity (Wildman–Crippen MR) is 85.8 cm³/mol. The molecule has 0 amide bonds. The maximum atomic E-state index is 12.4. The quantitative estimate of drug-likeness (QED) is 0.858. The van der Waals surface area contributed by atoms with Crippen molar-refractivity contribution >= 4 is 43.2 Å². The van der Waals surface area contributed by atoms with Gasteiger partial charge in [0.2, 0.25) is 0 Å². The smallest absolute Gasteiger partial charge is 0.263 e. The van der Waals surface area contributed by atoms with E-state index in [-0.39, 0.29) is 9.92 Å². The fraction of sp³-hybridized carbons (Fsp3) is 0.143. The highest BCUT2D eigenvalue weighted by Gasteiger charge is 2.18. The zero-order valence-electron chi connectivity index (χ0n) is 10.7. The maximum absolute atomic E-state index is 12.4. The molecule has 0 saturated carbocycles. The molecule has 106 valence electrons. The van der Waals surface area contributed by atoms with Gasteiger partial charge in [-0.1, -0.05) is 46.6 Å². The van der Waals surface area contributed by atoms with Crippen LogP contribution in [0.2, 0.25) is 5.02 Å². The third kappa shape index (κ3) is 3.34. The van der Waals surface area contributed by atoms with Crippen LogP contribution in [0.4, 0.5) is 5.69 Å². The van der Waals surface area contributed by atoms with Crippen molar-refractivity contribution in [3.63, 3.8) is 0 Å². The van der Waals surface area contributed by atoms with Crippen LogP contribution in [0.15, 0.2) is 51.8 Å². The first-order chi connectivity index (χ1) is 9.44. The number of halogens is 2. The van der Waals surface area contributed by atoms with Crippen LogP contribution in [0.3, 0.4) is 0 Å². The van der Waals surface area contributed by atoms with Crippen LogP contribution >= 0.6 is 27.5 Å². The third-order valence-corrected chi connectivity index (χ3v) is 5.18. The molecule has 0 aliphatic heterocycles. The van der Waals surface area contributed by atoms with E-state index in [9.17, 15) is 8.42 Å². The van der Waals surface area contributed by atoms with Gasteiger partial charge in [0.15, 0.2) is 0 Å². The van der Waals surface area contributed by atoms with Gasteiger partial charge in [-0.05, 0) is 42.3 Å². The van der Waals surface area contributed by atoms with Gasteiger partial charge in [0, 0.05) is 4.47 Å². The van der Waals surface area contributed by atoms with E-state index in [2.05, 4.69) is 20.7 Å². The van der Waals surface area contributed by atoms with E-state index in [1.165, 1.54) is 6.07 Å². The number of rotatable bonds is 4. The van der Waals surface area contributed by atoms with E-state index < -0.39 is 10.0 Å². The van der Waals surface area contributed by atoms with Gasteiger partial charge in [0.25, 0.3) is 10.0 Å². The summed E-state index contributed by atoms with van der Waals surface area (Å²) in [6.07, 6.45) is 0.722. The lowest BCUT2D eigenvalue weighted by Gasteiger charge is -2.13. The summed E-state index contributed by atoms with van der Waals surface area (Å²) >= 11 is 9.32. The number of aryl methyl sites for hydroxylation is 1. The Morgan fingerprint density at radius 2 is 1.90 bits per heavy atom. The highest BCUT2D eigenvalue weighted by Crippen LogP contribution is 2.27. The van der Waals surface area contributed by atoms with E-state index in [4.69, 9.17) is 11.6 Å². The average molecular weight is 375 g/mol. The molecule has 0 atom stereocenters. The van der Waals surface area contributed by atoms with Crippen molar-refractivity contribution in [2.24, 2.45) is 0 Å². The minimum Gasteiger partial charge on any atom is -0.279 e. The zero-order chi connectivity index (χ0) is 14.8. The molecule has 0 saturated heterocycles. The average Bonchev–Trinajstić information content (AvgIpc) is 2.41. The molecule has 1 N–H and O–H groups in total.